The molecule has 0 saturated carbocycles. The summed E-state index contributed by atoms with van der Waals surface area (Å²) in [5.41, 5.74) is 1.97. The molecule has 1 heterocycles. The SMILES string of the molecule is CC(Sc1ccccc1Cl)C(=O)Nc1ccc(SCc2cccnc2)cc1. The Bertz CT molecular complexity index is 888. The molecule has 1 N–H and O–H groups in total. The van der Waals surface area contributed by atoms with E-state index in [1.807, 2.05) is 67.7 Å². The summed E-state index contributed by atoms with van der Waals surface area (Å²) >= 11 is 9.36. The van der Waals surface area contributed by atoms with E-state index in [1.54, 1.807) is 18.0 Å². The number of thioether (sulfide) groups is 2. The van der Waals surface area contributed by atoms with Crippen LogP contribution in [0.2, 0.25) is 5.02 Å². The standard InChI is InChI=1S/C21H19ClN2OS2/c1-15(27-20-7-3-2-6-19(20)22)21(25)24-17-8-10-18(11-9-17)26-14-16-5-4-12-23-13-16/h2-13,15H,14H2,1H3,(H,24,25). The molecule has 0 aliphatic rings. The Morgan fingerprint density at radius 3 is 2.59 bits per heavy atom. The second kappa shape index (κ2) is 9.83. The van der Waals surface area contributed by atoms with Crippen LogP contribution in [-0.2, 0) is 10.5 Å². The number of halogens is 1. The third kappa shape index (κ3) is 6.03. The molecule has 138 valence electrons. The van der Waals surface area contributed by atoms with Crippen molar-refractivity contribution in [3.63, 3.8) is 0 Å². The molecule has 0 aliphatic heterocycles. The fourth-order valence-electron chi connectivity index (χ4n) is 2.31. The molecule has 2 aromatic carbocycles. The van der Waals surface area contributed by atoms with Crippen LogP contribution in [-0.4, -0.2) is 16.1 Å². The van der Waals surface area contributed by atoms with E-state index in [0.717, 1.165) is 21.2 Å². The Morgan fingerprint density at radius 1 is 1.11 bits per heavy atom. The highest BCUT2D eigenvalue weighted by molar-refractivity contribution is 8.00. The maximum atomic E-state index is 12.4. The molecule has 6 heteroatoms. The summed E-state index contributed by atoms with van der Waals surface area (Å²) in [6.07, 6.45) is 3.65. The topological polar surface area (TPSA) is 42.0 Å². The van der Waals surface area contributed by atoms with Crippen LogP contribution < -0.4 is 5.32 Å². The number of rotatable bonds is 7. The van der Waals surface area contributed by atoms with Crippen molar-refractivity contribution < 1.29 is 4.79 Å². The number of hydrogen-bond acceptors (Lipinski definition) is 4. The molecular weight excluding hydrogens is 396 g/mol. The Labute approximate surface area is 172 Å². The van der Waals surface area contributed by atoms with Gasteiger partial charge in [-0.25, -0.2) is 0 Å². The molecule has 0 saturated heterocycles. The average Bonchev–Trinajstić information content (AvgIpc) is 2.70. The van der Waals surface area contributed by atoms with Crippen LogP contribution in [0, 0.1) is 0 Å². The lowest BCUT2D eigenvalue weighted by atomic mass is 10.3. The molecule has 0 fully saturated rings. The molecule has 3 rings (SSSR count). The van der Waals surface area contributed by atoms with E-state index >= 15 is 0 Å². The van der Waals surface area contributed by atoms with E-state index < -0.39 is 0 Å². The van der Waals surface area contributed by atoms with Gasteiger partial charge in [-0.3, -0.25) is 9.78 Å². The van der Waals surface area contributed by atoms with Crippen molar-refractivity contribution in [2.75, 3.05) is 5.32 Å². The number of carbonyl (C=O) groups excluding carboxylic acids is 1. The van der Waals surface area contributed by atoms with Gasteiger partial charge in [0.05, 0.1) is 10.3 Å². The maximum Gasteiger partial charge on any atom is 0.237 e. The first-order valence-corrected chi connectivity index (χ1v) is 10.7. The number of nitrogens with one attached hydrogen (secondary N) is 1. The lowest BCUT2D eigenvalue weighted by Gasteiger charge is -2.13. The van der Waals surface area contributed by atoms with E-state index in [0.29, 0.717) is 5.02 Å². The maximum absolute atomic E-state index is 12.4. The van der Waals surface area contributed by atoms with Crippen molar-refractivity contribution in [2.24, 2.45) is 0 Å². The number of carbonyl (C=O) groups is 1. The van der Waals surface area contributed by atoms with Gasteiger partial charge in [-0.05, 0) is 55.0 Å². The van der Waals surface area contributed by atoms with Crippen LogP contribution >= 0.6 is 35.1 Å². The van der Waals surface area contributed by atoms with E-state index in [4.69, 9.17) is 11.6 Å². The van der Waals surface area contributed by atoms with Gasteiger partial charge in [0, 0.05) is 33.6 Å². The number of pyridine rings is 1. The molecule has 0 radical (unpaired) electrons. The fourth-order valence-corrected chi connectivity index (χ4v) is 4.30. The quantitative estimate of drug-likeness (QED) is 0.471. The number of anilines is 1. The monoisotopic (exact) mass is 414 g/mol. The van der Waals surface area contributed by atoms with E-state index in [9.17, 15) is 4.79 Å². The third-order valence-electron chi connectivity index (χ3n) is 3.76. The lowest BCUT2D eigenvalue weighted by molar-refractivity contribution is -0.115. The third-order valence-corrected chi connectivity index (χ3v) is 6.46. The molecule has 1 aromatic heterocycles. The van der Waals surface area contributed by atoms with Gasteiger partial charge >= 0.3 is 0 Å². The first-order chi connectivity index (χ1) is 13.1. The second-order valence-electron chi connectivity index (χ2n) is 5.85. The number of amides is 1. The molecule has 3 aromatic rings. The van der Waals surface area contributed by atoms with Gasteiger partial charge in [0.25, 0.3) is 0 Å². The van der Waals surface area contributed by atoms with E-state index in [1.165, 1.54) is 17.3 Å². The minimum absolute atomic E-state index is 0.0457. The molecule has 0 spiro atoms. The summed E-state index contributed by atoms with van der Waals surface area (Å²) in [7, 11) is 0. The molecule has 1 unspecified atom stereocenters. The molecule has 3 nitrogen and oxygen atoms in total. The number of benzene rings is 2. The summed E-state index contributed by atoms with van der Waals surface area (Å²) in [5, 5.41) is 3.38. The van der Waals surface area contributed by atoms with Gasteiger partial charge < -0.3 is 5.32 Å². The van der Waals surface area contributed by atoms with Crippen molar-refractivity contribution in [1.29, 1.82) is 0 Å². The summed E-state index contributed by atoms with van der Waals surface area (Å²) in [6.45, 7) is 1.88. The lowest BCUT2D eigenvalue weighted by Crippen LogP contribution is -2.22. The molecule has 27 heavy (non-hydrogen) atoms. The molecule has 0 aliphatic carbocycles. The molecule has 1 atom stereocenters. The Hall–Kier alpha value is -1.95. The highest BCUT2D eigenvalue weighted by atomic mass is 35.5. The van der Waals surface area contributed by atoms with Gasteiger partial charge in [-0.2, -0.15) is 0 Å². The fraction of sp³-hybridized carbons (Fsp3) is 0.143. The highest BCUT2D eigenvalue weighted by Gasteiger charge is 2.16. The average molecular weight is 415 g/mol. The van der Waals surface area contributed by atoms with Crippen LogP contribution in [0.15, 0.2) is 82.8 Å². The minimum Gasteiger partial charge on any atom is -0.325 e. The van der Waals surface area contributed by atoms with Gasteiger partial charge in [-0.15, -0.1) is 23.5 Å². The zero-order valence-corrected chi connectivity index (χ0v) is 17.2. The zero-order valence-electron chi connectivity index (χ0n) is 14.8. The Kier molecular flexibility index (Phi) is 7.21. The Balaban J connectivity index is 1.52. The van der Waals surface area contributed by atoms with Crippen LogP contribution in [0.25, 0.3) is 0 Å². The van der Waals surface area contributed by atoms with Crippen molar-refractivity contribution in [3.05, 3.63) is 83.6 Å². The van der Waals surface area contributed by atoms with Crippen LogP contribution in [0.1, 0.15) is 12.5 Å². The summed E-state index contributed by atoms with van der Waals surface area (Å²) in [4.78, 5) is 18.6. The number of nitrogens with zero attached hydrogens (tertiary/aromatic N) is 1. The summed E-state index contributed by atoms with van der Waals surface area (Å²) in [5.74, 6) is 0.820. The van der Waals surface area contributed by atoms with Gasteiger partial charge in [0.1, 0.15) is 0 Å². The first-order valence-electron chi connectivity index (χ1n) is 8.45. The summed E-state index contributed by atoms with van der Waals surface area (Å²) < 4.78 is 0. The van der Waals surface area contributed by atoms with Crippen LogP contribution in [0.3, 0.4) is 0 Å². The number of hydrogen-bond donors (Lipinski definition) is 1. The smallest absolute Gasteiger partial charge is 0.237 e. The molecule has 1 amide bonds. The van der Waals surface area contributed by atoms with Crippen LogP contribution in [0.4, 0.5) is 5.69 Å². The van der Waals surface area contributed by atoms with E-state index in [2.05, 4.69) is 16.4 Å². The van der Waals surface area contributed by atoms with Crippen molar-refractivity contribution in [1.82, 2.24) is 4.98 Å². The summed E-state index contributed by atoms with van der Waals surface area (Å²) in [6, 6.07) is 19.4. The predicted octanol–water partition coefficient (Wildman–Crippen LogP) is 6.15. The van der Waals surface area contributed by atoms with Crippen LogP contribution in [0.5, 0.6) is 0 Å². The highest BCUT2D eigenvalue weighted by Crippen LogP contribution is 2.30. The predicted molar refractivity (Wildman–Crippen MR) is 116 cm³/mol. The van der Waals surface area contributed by atoms with Crippen molar-refractivity contribution in [3.8, 4) is 0 Å². The van der Waals surface area contributed by atoms with Gasteiger partial charge in [-0.1, -0.05) is 29.8 Å². The van der Waals surface area contributed by atoms with Crippen molar-refractivity contribution >= 4 is 46.7 Å². The molecule has 0 bridgehead atoms. The zero-order chi connectivity index (χ0) is 19.1. The number of aromatic nitrogens is 1. The van der Waals surface area contributed by atoms with Gasteiger partial charge in [0.15, 0.2) is 0 Å². The second-order valence-corrected chi connectivity index (χ2v) is 8.69. The van der Waals surface area contributed by atoms with E-state index in [-0.39, 0.29) is 11.2 Å². The normalized spacial score (nSPS) is 11.8. The Morgan fingerprint density at radius 2 is 1.89 bits per heavy atom. The minimum atomic E-state index is -0.246. The first kappa shape index (κ1) is 19.8. The van der Waals surface area contributed by atoms with Gasteiger partial charge in [0.2, 0.25) is 5.91 Å². The van der Waals surface area contributed by atoms with Crippen molar-refractivity contribution in [2.45, 2.75) is 27.7 Å². The molecular formula is C21H19ClN2OS2. The largest absolute Gasteiger partial charge is 0.325 e.